The van der Waals surface area contributed by atoms with Gasteiger partial charge >= 0.3 is 0 Å². The van der Waals surface area contributed by atoms with E-state index in [0.29, 0.717) is 6.54 Å². The molecule has 2 atom stereocenters. The fourth-order valence-corrected chi connectivity index (χ4v) is 3.40. The minimum absolute atomic E-state index is 0.0456. The van der Waals surface area contributed by atoms with Crippen LogP contribution < -0.4 is 15.5 Å². The van der Waals surface area contributed by atoms with Gasteiger partial charge in [-0.3, -0.25) is 9.59 Å². The maximum absolute atomic E-state index is 12.4. The molecule has 0 radical (unpaired) electrons. The zero-order valence-corrected chi connectivity index (χ0v) is 17.6. The quantitative estimate of drug-likeness (QED) is 0.654. The van der Waals surface area contributed by atoms with Gasteiger partial charge in [0.2, 0.25) is 0 Å². The second-order valence-corrected chi connectivity index (χ2v) is 7.75. The first-order valence-corrected chi connectivity index (χ1v) is 9.77. The molecule has 5 heteroatoms. The lowest BCUT2D eigenvalue weighted by Crippen LogP contribution is -3.11. The molecule has 28 heavy (non-hydrogen) atoms. The second-order valence-electron chi connectivity index (χ2n) is 7.75. The van der Waals surface area contributed by atoms with Crippen LogP contribution in [0.2, 0.25) is 0 Å². The smallest absolute Gasteiger partial charge is 0.279 e. The summed E-state index contributed by atoms with van der Waals surface area (Å²) in [5.41, 5.74) is 5.35. The molecule has 1 unspecified atom stereocenters. The van der Waals surface area contributed by atoms with E-state index in [-0.39, 0.29) is 30.8 Å². The Kier molecular flexibility index (Phi) is 7.76. The number of quaternary nitrogens is 1. The van der Waals surface area contributed by atoms with Gasteiger partial charge in [0.1, 0.15) is 0 Å². The molecule has 2 rings (SSSR count). The van der Waals surface area contributed by atoms with Crippen molar-refractivity contribution in [1.82, 2.24) is 5.32 Å². The molecule has 2 aromatic carbocycles. The molecule has 150 valence electrons. The Morgan fingerprint density at radius 3 is 2.14 bits per heavy atom. The normalized spacial score (nSPS) is 12.9. The van der Waals surface area contributed by atoms with Crippen molar-refractivity contribution in [2.45, 2.75) is 33.6 Å². The summed E-state index contributed by atoms with van der Waals surface area (Å²) >= 11 is 0. The molecule has 0 bridgehead atoms. The third-order valence-corrected chi connectivity index (χ3v) is 4.84. The van der Waals surface area contributed by atoms with E-state index in [9.17, 15) is 9.59 Å². The number of aryl methyl sites for hydroxylation is 3. The maximum atomic E-state index is 12.4. The molecule has 0 aliphatic rings. The molecule has 0 aliphatic carbocycles. The molecule has 0 fully saturated rings. The van der Waals surface area contributed by atoms with E-state index in [1.165, 1.54) is 11.1 Å². The first-order chi connectivity index (χ1) is 13.3. The van der Waals surface area contributed by atoms with Crippen molar-refractivity contribution in [1.29, 1.82) is 0 Å². The van der Waals surface area contributed by atoms with Crippen LogP contribution in [0.25, 0.3) is 0 Å². The number of amides is 2. The van der Waals surface area contributed by atoms with Crippen molar-refractivity contribution in [3.63, 3.8) is 0 Å². The van der Waals surface area contributed by atoms with Crippen LogP contribution >= 0.6 is 0 Å². The van der Waals surface area contributed by atoms with Gasteiger partial charge in [0.15, 0.2) is 13.1 Å². The number of hydrogen-bond donors (Lipinski definition) is 3. The predicted octanol–water partition coefficient (Wildman–Crippen LogP) is 1.98. The first-order valence-electron chi connectivity index (χ1n) is 9.77. The molecule has 0 saturated heterocycles. The van der Waals surface area contributed by atoms with Crippen molar-refractivity contribution in [2.75, 3.05) is 32.0 Å². The summed E-state index contributed by atoms with van der Waals surface area (Å²) < 4.78 is 0. The van der Waals surface area contributed by atoms with Crippen LogP contribution in [-0.4, -0.2) is 38.5 Å². The minimum atomic E-state index is -0.0852. The average Bonchev–Trinajstić information content (AvgIpc) is 2.63. The molecule has 2 amide bonds. The number of benzene rings is 2. The summed E-state index contributed by atoms with van der Waals surface area (Å²) in [6.07, 6.45) is 0. The Labute approximate surface area is 168 Å². The van der Waals surface area contributed by atoms with Crippen LogP contribution in [0.4, 0.5) is 5.69 Å². The summed E-state index contributed by atoms with van der Waals surface area (Å²) in [7, 11) is 1.86. The van der Waals surface area contributed by atoms with Gasteiger partial charge in [0, 0.05) is 12.2 Å². The number of rotatable bonds is 8. The maximum Gasteiger partial charge on any atom is 0.279 e. The van der Waals surface area contributed by atoms with Gasteiger partial charge in [-0.1, -0.05) is 55.0 Å². The van der Waals surface area contributed by atoms with Gasteiger partial charge in [-0.25, -0.2) is 0 Å². The van der Waals surface area contributed by atoms with Crippen molar-refractivity contribution in [3.05, 3.63) is 64.7 Å². The van der Waals surface area contributed by atoms with E-state index in [1.54, 1.807) is 0 Å². The van der Waals surface area contributed by atoms with Gasteiger partial charge in [-0.2, -0.15) is 0 Å². The summed E-state index contributed by atoms with van der Waals surface area (Å²) in [6.45, 7) is 9.22. The van der Waals surface area contributed by atoms with Crippen molar-refractivity contribution in [2.24, 2.45) is 0 Å². The monoisotopic (exact) mass is 382 g/mol. The van der Waals surface area contributed by atoms with E-state index in [4.69, 9.17) is 0 Å². The van der Waals surface area contributed by atoms with E-state index in [2.05, 4.69) is 41.8 Å². The van der Waals surface area contributed by atoms with E-state index < -0.39 is 0 Å². The lowest BCUT2D eigenvalue weighted by molar-refractivity contribution is -0.862. The highest BCUT2D eigenvalue weighted by atomic mass is 16.2. The third-order valence-electron chi connectivity index (χ3n) is 4.84. The molecule has 3 N–H and O–H groups in total. The summed E-state index contributed by atoms with van der Waals surface area (Å²) in [5.74, 6) is 0.120. The van der Waals surface area contributed by atoms with Gasteiger partial charge in [0.05, 0.1) is 7.05 Å². The lowest BCUT2D eigenvalue weighted by atomic mass is 10.0. The van der Waals surface area contributed by atoms with Crippen molar-refractivity contribution < 1.29 is 14.5 Å². The van der Waals surface area contributed by atoms with Crippen LogP contribution in [0, 0.1) is 20.8 Å². The number of anilines is 1. The fourth-order valence-electron chi connectivity index (χ4n) is 3.40. The van der Waals surface area contributed by atoms with E-state index in [1.807, 2.05) is 46.0 Å². The molecule has 0 aliphatic heterocycles. The second kappa shape index (κ2) is 10.0. The number of likely N-dealkylation sites (N-methyl/N-ethyl adjacent to an activating group) is 1. The highest BCUT2D eigenvalue weighted by Crippen LogP contribution is 2.21. The molecule has 0 aromatic heterocycles. The number of nitrogens with one attached hydrogen (secondary N) is 3. The van der Waals surface area contributed by atoms with Crippen molar-refractivity contribution in [3.8, 4) is 0 Å². The molecular weight excluding hydrogens is 350 g/mol. The zero-order valence-electron chi connectivity index (χ0n) is 17.6. The number of carbonyl (C=O) groups is 2. The largest absolute Gasteiger partial charge is 0.351 e. The zero-order chi connectivity index (χ0) is 20.7. The topological polar surface area (TPSA) is 62.6 Å². The highest BCUT2D eigenvalue weighted by Gasteiger charge is 2.16. The Morgan fingerprint density at radius 2 is 1.54 bits per heavy atom. The lowest BCUT2D eigenvalue weighted by Gasteiger charge is -2.17. The summed E-state index contributed by atoms with van der Waals surface area (Å²) in [4.78, 5) is 25.4. The van der Waals surface area contributed by atoms with E-state index >= 15 is 0 Å². The summed E-state index contributed by atoms with van der Waals surface area (Å²) in [5, 5.41) is 5.96. The van der Waals surface area contributed by atoms with Crippen LogP contribution in [-0.2, 0) is 9.59 Å². The molecular formula is C23H32N3O2+. The SMILES string of the molecule is Cc1cc(C)c(NC(=O)C[NH+](C)CC(=O)NC[C@H](C)c2ccccc2)c(C)c1. The average molecular weight is 383 g/mol. The molecule has 0 saturated carbocycles. The molecule has 0 spiro atoms. The van der Waals surface area contributed by atoms with Crippen LogP contribution in [0.3, 0.4) is 0 Å². The highest BCUT2D eigenvalue weighted by molar-refractivity contribution is 5.93. The third kappa shape index (κ3) is 6.50. The minimum Gasteiger partial charge on any atom is -0.351 e. The first kappa shape index (κ1) is 21.6. The molecule has 0 heterocycles. The Hall–Kier alpha value is -2.66. The standard InChI is InChI=1S/C23H31N3O2/c1-16-11-17(2)23(18(3)12-16)25-22(28)15-26(5)14-21(27)24-13-19(4)20-9-7-6-8-10-20/h6-12,19H,13-15H2,1-5H3,(H,24,27)(H,25,28)/p+1/t19-/m0/s1. The van der Waals surface area contributed by atoms with Gasteiger partial charge in [-0.15, -0.1) is 0 Å². The summed E-state index contributed by atoms with van der Waals surface area (Å²) in [6, 6.07) is 14.2. The van der Waals surface area contributed by atoms with Gasteiger partial charge < -0.3 is 15.5 Å². The Morgan fingerprint density at radius 1 is 0.964 bits per heavy atom. The Balaban J connectivity index is 1.79. The number of hydrogen-bond acceptors (Lipinski definition) is 2. The number of carbonyl (C=O) groups excluding carboxylic acids is 2. The van der Waals surface area contributed by atoms with Crippen LogP contribution in [0.1, 0.15) is 35.1 Å². The van der Waals surface area contributed by atoms with Crippen molar-refractivity contribution >= 4 is 17.5 Å². The van der Waals surface area contributed by atoms with Crippen LogP contribution in [0.5, 0.6) is 0 Å². The fraction of sp³-hybridized carbons (Fsp3) is 0.391. The van der Waals surface area contributed by atoms with E-state index in [0.717, 1.165) is 21.7 Å². The van der Waals surface area contributed by atoms with Gasteiger partial charge in [-0.05, 0) is 43.4 Å². The molecule has 5 nitrogen and oxygen atoms in total. The Bertz CT molecular complexity index is 795. The van der Waals surface area contributed by atoms with Gasteiger partial charge in [0.25, 0.3) is 11.8 Å². The predicted molar refractivity (Wildman–Crippen MR) is 114 cm³/mol. The molecule has 2 aromatic rings. The van der Waals surface area contributed by atoms with Crippen LogP contribution in [0.15, 0.2) is 42.5 Å².